The standard InChI is InChI=1S/C12H16ClNO2/c1-8-11(5-6-15)16-12-7-9(13)3-4-10(12)14(8)2/h3-4,7-8,11,15H,5-6H2,1-2H3. The van der Waals surface area contributed by atoms with Gasteiger partial charge in [-0.1, -0.05) is 11.6 Å². The molecule has 1 N–H and O–H groups in total. The molecule has 0 spiro atoms. The SMILES string of the molecule is CC1C(CCO)Oc2cc(Cl)ccc2N1C. The maximum atomic E-state index is 9.00. The first kappa shape index (κ1) is 11.6. The largest absolute Gasteiger partial charge is 0.486 e. The fourth-order valence-electron chi connectivity index (χ4n) is 2.03. The third-order valence-electron chi connectivity index (χ3n) is 3.14. The minimum Gasteiger partial charge on any atom is -0.486 e. The van der Waals surface area contributed by atoms with E-state index in [0.29, 0.717) is 11.4 Å². The average molecular weight is 242 g/mol. The summed E-state index contributed by atoms with van der Waals surface area (Å²) in [5.41, 5.74) is 1.05. The normalized spacial score (nSPS) is 23.9. The van der Waals surface area contributed by atoms with Gasteiger partial charge >= 0.3 is 0 Å². The molecule has 0 saturated heterocycles. The van der Waals surface area contributed by atoms with E-state index in [0.717, 1.165) is 11.4 Å². The maximum Gasteiger partial charge on any atom is 0.144 e. The van der Waals surface area contributed by atoms with Crippen molar-refractivity contribution in [2.24, 2.45) is 0 Å². The molecule has 0 saturated carbocycles. The first-order valence-corrected chi connectivity index (χ1v) is 5.81. The van der Waals surface area contributed by atoms with Gasteiger partial charge in [0.05, 0.1) is 11.7 Å². The summed E-state index contributed by atoms with van der Waals surface area (Å²) in [5.74, 6) is 0.798. The first-order chi connectivity index (χ1) is 7.63. The number of fused-ring (bicyclic) bond motifs is 1. The summed E-state index contributed by atoms with van der Waals surface area (Å²) in [4.78, 5) is 2.16. The second-order valence-electron chi connectivity index (χ2n) is 4.13. The quantitative estimate of drug-likeness (QED) is 0.863. The van der Waals surface area contributed by atoms with E-state index in [2.05, 4.69) is 11.8 Å². The van der Waals surface area contributed by atoms with Crippen LogP contribution in [0.3, 0.4) is 0 Å². The van der Waals surface area contributed by atoms with E-state index in [1.54, 1.807) is 0 Å². The molecule has 2 atom stereocenters. The monoisotopic (exact) mass is 241 g/mol. The first-order valence-electron chi connectivity index (χ1n) is 5.43. The summed E-state index contributed by atoms with van der Waals surface area (Å²) in [6.07, 6.45) is 0.651. The highest BCUT2D eigenvalue weighted by Crippen LogP contribution is 2.37. The van der Waals surface area contributed by atoms with Crippen molar-refractivity contribution in [3.63, 3.8) is 0 Å². The Morgan fingerprint density at radius 3 is 2.94 bits per heavy atom. The molecular formula is C12H16ClNO2. The number of aliphatic hydroxyl groups excluding tert-OH is 1. The van der Waals surface area contributed by atoms with Crippen LogP contribution in [-0.4, -0.2) is 30.9 Å². The molecule has 2 unspecified atom stereocenters. The van der Waals surface area contributed by atoms with Crippen LogP contribution in [0, 0.1) is 0 Å². The van der Waals surface area contributed by atoms with Crippen molar-refractivity contribution in [1.82, 2.24) is 0 Å². The minimum absolute atomic E-state index is 0.0148. The lowest BCUT2D eigenvalue weighted by Gasteiger charge is -2.39. The van der Waals surface area contributed by atoms with E-state index in [1.165, 1.54) is 0 Å². The highest BCUT2D eigenvalue weighted by atomic mass is 35.5. The van der Waals surface area contributed by atoms with Crippen molar-refractivity contribution in [2.75, 3.05) is 18.6 Å². The molecule has 0 bridgehead atoms. The van der Waals surface area contributed by atoms with Crippen LogP contribution in [0.4, 0.5) is 5.69 Å². The van der Waals surface area contributed by atoms with Gasteiger partial charge in [-0.05, 0) is 19.1 Å². The van der Waals surface area contributed by atoms with Crippen molar-refractivity contribution < 1.29 is 9.84 Å². The van der Waals surface area contributed by atoms with E-state index in [9.17, 15) is 0 Å². The molecule has 1 aromatic carbocycles. The van der Waals surface area contributed by atoms with Crippen molar-refractivity contribution in [3.05, 3.63) is 23.2 Å². The zero-order valence-corrected chi connectivity index (χ0v) is 10.2. The summed E-state index contributed by atoms with van der Waals surface area (Å²) in [7, 11) is 2.03. The Bertz CT molecular complexity index is 383. The molecular weight excluding hydrogens is 226 g/mol. The Kier molecular flexibility index (Phi) is 3.26. The van der Waals surface area contributed by atoms with Crippen LogP contribution in [0.15, 0.2) is 18.2 Å². The number of ether oxygens (including phenoxy) is 1. The van der Waals surface area contributed by atoms with Gasteiger partial charge in [-0.25, -0.2) is 0 Å². The van der Waals surface area contributed by atoms with Crippen molar-refractivity contribution in [3.8, 4) is 5.75 Å². The van der Waals surface area contributed by atoms with Gasteiger partial charge in [-0.15, -0.1) is 0 Å². The van der Waals surface area contributed by atoms with Crippen molar-refractivity contribution in [1.29, 1.82) is 0 Å². The zero-order valence-electron chi connectivity index (χ0n) is 9.48. The molecule has 1 aliphatic rings. The number of likely N-dealkylation sites (N-methyl/N-ethyl adjacent to an activating group) is 1. The number of anilines is 1. The van der Waals surface area contributed by atoms with Gasteiger partial charge in [-0.2, -0.15) is 0 Å². The molecule has 88 valence electrons. The van der Waals surface area contributed by atoms with E-state index in [4.69, 9.17) is 21.4 Å². The predicted octanol–water partition coefficient (Wildman–Crippen LogP) is 2.31. The van der Waals surface area contributed by atoms with E-state index in [1.807, 2.05) is 25.2 Å². The number of aliphatic hydroxyl groups is 1. The molecule has 1 aliphatic heterocycles. The predicted molar refractivity (Wildman–Crippen MR) is 65.4 cm³/mol. The van der Waals surface area contributed by atoms with Crippen molar-refractivity contribution >= 4 is 17.3 Å². The van der Waals surface area contributed by atoms with E-state index >= 15 is 0 Å². The summed E-state index contributed by atoms with van der Waals surface area (Å²) < 4.78 is 5.85. The summed E-state index contributed by atoms with van der Waals surface area (Å²) >= 11 is 5.94. The highest BCUT2D eigenvalue weighted by Gasteiger charge is 2.30. The van der Waals surface area contributed by atoms with Gasteiger partial charge in [-0.3, -0.25) is 0 Å². The zero-order chi connectivity index (χ0) is 11.7. The number of rotatable bonds is 2. The summed E-state index contributed by atoms with van der Waals surface area (Å²) in [6, 6.07) is 5.90. The Morgan fingerprint density at radius 2 is 2.25 bits per heavy atom. The highest BCUT2D eigenvalue weighted by molar-refractivity contribution is 6.30. The summed E-state index contributed by atoms with van der Waals surface area (Å²) in [6.45, 7) is 2.23. The van der Waals surface area contributed by atoms with Crippen LogP contribution < -0.4 is 9.64 Å². The van der Waals surface area contributed by atoms with Gasteiger partial charge in [0, 0.05) is 31.2 Å². The van der Waals surface area contributed by atoms with Gasteiger partial charge < -0.3 is 14.7 Å². The molecule has 1 heterocycles. The molecule has 1 aromatic rings. The van der Waals surface area contributed by atoms with Crippen LogP contribution in [0.25, 0.3) is 0 Å². The fourth-order valence-corrected chi connectivity index (χ4v) is 2.19. The van der Waals surface area contributed by atoms with Crippen LogP contribution >= 0.6 is 11.6 Å². The second kappa shape index (κ2) is 4.52. The molecule has 2 rings (SSSR count). The van der Waals surface area contributed by atoms with Gasteiger partial charge in [0.1, 0.15) is 11.9 Å². The molecule has 3 nitrogen and oxygen atoms in total. The molecule has 0 amide bonds. The molecule has 0 fully saturated rings. The Morgan fingerprint density at radius 1 is 1.50 bits per heavy atom. The van der Waals surface area contributed by atoms with E-state index in [-0.39, 0.29) is 18.8 Å². The Hall–Kier alpha value is -0.930. The third kappa shape index (κ3) is 1.97. The number of benzene rings is 1. The number of hydrogen-bond donors (Lipinski definition) is 1. The number of halogens is 1. The second-order valence-corrected chi connectivity index (χ2v) is 4.57. The average Bonchev–Trinajstić information content (AvgIpc) is 2.25. The molecule has 16 heavy (non-hydrogen) atoms. The number of hydrogen-bond acceptors (Lipinski definition) is 3. The molecule has 0 aromatic heterocycles. The third-order valence-corrected chi connectivity index (χ3v) is 3.38. The fraction of sp³-hybridized carbons (Fsp3) is 0.500. The molecule has 0 aliphatic carbocycles. The minimum atomic E-state index is 0.0148. The summed E-state index contributed by atoms with van der Waals surface area (Å²) in [5, 5.41) is 9.67. The Balaban J connectivity index is 2.32. The lowest BCUT2D eigenvalue weighted by molar-refractivity contribution is 0.124. The van der Waals surface area contributed by atoms with Crippen LogP contribution in [0.2, 0.25) is 5.02 Å². The van der Waals surface area contributed by atoms with Gasteiger partial charge in [0.15, 0.2) is 0 Å². The lowest BCUT2D eigenvalue weighted by atomic mass is 10.0. The smallest absolute Gasteiger partial charge is 0.144 e. The Labute approximate surface area is 101 Å². The molecule has 0 radical (unpaired) electrons. The van der Waals surface area contributed by atoms with Crippen molar-refractivity contribution in [2.45, 2.75) is 25.5 Å². The topological polar surface area (TPSA) is 32.7 Å². The van der Waals surface area contributed by atoms with E-state index < -0.39 is 0 Å². The van der Waals surface area contributed by atoms with Crippen LogP contribution in [0.5, 0.6) is 5.75 Å². The van der Waals surface area contributed by atoms with Crippen LogP contribution in [-0.2, 0) is 0 Å². The number of nitrogens with zero attached hydrogens (tertiary/aromatic N) is 1. The van der Waals surface area contributed by atoms with Gasteiger partial charge in [0.25, 0.3) is 0 Å². The lowest BCUT2D eigenvalue weighted by Crippen LogP contribution is -2.46. The van der Waals surface area contributed by atoms with Gasteiger partial charge in [0.2, 0.25) is 0 Å². The van der Waals surface area contributed by atoms with Crippen LogP contribution in [0.1, 0.15) is 13.3 Å². The molecule has 4 heteroatoms. The maximum absolute atomic E-state index is 9.00.